The molecule has 0 aliphatic heterocycles. The van der Waals surface area contributed by atoms with Crippen LogP contribution in [-0.4, -0.2) is 5.91 Å². The van der Waals surface area contributed by atoms with E-state index in [0.29, 0.717) is 0 Å². The Balaban J connectivity index is 2.37. The van der Waals surface area contributed by atoms with Gasteiger partial charge in [-0.3, -0.25) is 4.79 Å². The number of carbonyl (C=O) groups is 1. The van der Waals surface area contributed by atoms with Gasteiger partial charge in [-0.2, -0.15) is 0 Å². The van der Waals surface area contributed by atoms with Crippen LogP contribution in [0.25, 0.3) is 0 Å². The second-order valence-corrected chi connectivity index (χ2v) is 2.97. The number of rotatable bonds is 4. The van der Waals surface area contributed by atoms with Gasteiger partial charge < -0.3 is 5.73 Å². The molecule has 10 heavy (non-hydrogen) atoms. The Bertz CT molecular complexity index is 159. The van der Waals surface area contributed by atoms with Gasteiger partial charge >= 0.3 is 0 Å². The number of carbonyl (C=O) groups excluding carboxylic acids is 1. The molecule has 0 heterocycles. The molecule has 1 fully saturated rings. The highest BCUT2D eigenvalue weighted by Gasteiger charge is 2.47. The zero-order valence-electron chi connectivity index (χ0n) is 6.10. The summed E-state index contributed by atoms with van der Waals surface area (Å²) < 4.78 is 0. The zero-order valence-corrected chi connectivity index (χ0v) is 6.10. The fraction of sp³-hybridized carbons (Fsp3) is 0.625. The van der Waals surface area contributed by atoms with Crippen LogP contribution in [0.3, 0.4) is 0 Å². The van der Waals surface area contributed by atoms with E-state index in [9.17, 15) is 4.79 Å². The van der Waals surface area contributed by atoms with Gasteiger partial charge in [0.2, 0.25) is 5.91 Å². The lowest BCUT2D eigenvalue weighted by molar-refractivity contribution is -0.123. The van der Waals surface area contributed by atoms with Gasteiger partial charge in [0.05, 0.1) is 0 Å². The molecule has 0 aromatic carbocycles. The standard InChI is InChI=1S/C8H13NO/c1-2-3-4-8(5-6-8)7(9)10/h2H,1,3-6H2,(H2,9,10). The van der Waals surface area contributed by atoms with E-state index >= 15 is 0 Å². The first-order valence-corrected chi connectivity index (χ1v) is 3.62. The summed E-state index contributed by atoms with van der Waals surface area (Å²) >= 11 is 0. The smallest absolute Gasteiger partial charge is 0.223 e. The summed E-state index contributed by atoms with van der Waals surface area (Å²) in [6.07, 6.45) is 5.60. The lowest BCUT2D eigenvalue weighted by Gasteiger charge is -2.06. The van der Waals surface area contributed by atoms with Crippen LogP contribution in [0.5, 0.6) is 0 Å². The quantitative estimate of drug-likeness (QED) is 0.584. The summed E-state index contributed by atoms with van der Waals surface area (Å²) in [5.74, 6) is -0.130. The van der Waals surface area contributed by atoms with Gasteiger partial charge in [-0.1, -0.05) is 6.08 Å². The lowest BCUT2D eigenvalue weighted by atomic mass is 10.00. The summed E-state index contributed by atoms with van der Waals surface area (Å²) in [6, 6.07) is 0. The largest absolute Gasteiger partial charge is 0.369 e. The summed E-state index contributed by atoms with van der Waals surface area (Å²) in [4.78, 5) is 10.8. The van der Waals surface area contributed by atoms with Crippen molar-refractivity contribution in [1.29, 1.82) is 0 Å². The molecule has 1 amide bonds. The van der Waals surface area contributed by atoms with Crippen molar-refractivity contribution in [2.75, 3.05) is 0 Å². The van der Waals surface area contributed by atoms with Crippen LogP contribution in [0.1, 0.15) is 25.7 Å². The minimum absolute atomic E-state index is 0.130. The molecule has 56 valence electrons. The molecule has 2 N–H and O–H groups in total. The third-order valence-electron chi connectivity index (χ3n) is 2.20. The van der Waals surface area contributed by atoms with Crippen molar-refractivity contribution in [2.45, 2.75) is 25.7 Å². The molecule has 1 aliphatic rings. The Morgan fingerprint density at radius 2 is 2.30 bits per heavy atom. The maximum Gasteiger partial charge on any atom is 0.223 e. The molecule has 0 aromatic heterocycles. The van der Waals surface area contributed by atoms with E-state index < -0.39 is 0 Å². The Kier molecular flexibility index (Phi) is 1.79. The molecular formula is C8H13NO. The van der Waals surface area contributed by atoms with Gasteiger partial charge in [0.25, 0.3) is 0 Å². The van der Waals surface area contributed by atoms with Gasteiger partial charge in [-0.05, 0) is 25.7 Å². The Morgan fingerprint density at radius 1 is 1.70 bits per heavy atom. The molecule has 1 rings (SSSR count). The fourth-order valence-electron chi connectivity index (χ4n) is 1.15. The second kappa shape index (κ2) is 2.45. The fourth-order valence-corrected chi connectivity index (χ4v) is 1.15. The topological polar surface area (TPSA) is 43.1 Å². The Morgan fingerprint density at radius 3 is 2.60 bits per heavy atom. The van der Waals surface area contributed by atoms with Gasteiger partial charge in [0.15, 0.2) is 0 Å². The van der Waals surface area contributed by atoms with E-state index in [1.807, 2.05) is 6.08 Å². The predicted octanol–water partition coefficient (Wildman–Crippen LogP) is 1.22. The predicted molar refractivity (Wildman–Crippen MR) is 40.3 cm³/mol. The zero-order chi connectivity index (χ0) is 7.61. The maximum atomic E-state index is 10.8. The number of amides is 1. The van der Waals surface area contributed by atoms with Crippen molar-refractivity contribution in [1.82, 2.24) is 0 Å². The summed E-state index contributed by atoms with van der Waals surface area (Å²) in [6.45, 7) is 3.60. The third-order valence-corrected chi connectivity index (χ3v) is 2.20. The van der Waals surface area contributed by atoms with Crippen molar-refractivity contribution >= 4 is 5.91 Å². The highest BCUT2D eigenvalue weighted by Crippen LogP contribution is 2.49. The highest BCUT2D eigenvalue weighted by molar-refractivity contribution is 5.83. The number of hydrogen-bond acceptors (Lipinski definition) is 1. The molecule has 0 unspecified atom stereocenters. The molecule has 0 aromatic rings. The first kappa shape index (κ1) is 7.32. The van der Waals surface area contributed by atoms with Gasteiger partial charge in [0.1, 0.15) is 0 Å². The molecule has 0 radical (unpaired) electrons. The first-order chi connectivity index (χ1) is 4.71. The van der Waals surface area contributed by atoms with Crippen LogP contribution in [-0.2, 0) is 4.79 Å². The summed E-state index contributed by atoms with van der Waals surface area (Å²) in [7, 11) is 0. The number of nitrogens with two attached hydrogens (primary N) is 1. The van der Waals surface area contributed by atoms with Crippen LogP contribution in [0.2, 0.25) is 0 Å². The number of hydrogen-bond donors (Lipinski definition) is 1. The van der Waals surface area contributed by atoms with E-state index in [1.54, 1.807) is 0 Å². The van der Waals surface area contributed by atoms with Crippen molar-refractivity contribution < 1.29 is 4.79 Å². The normalized spacial score (nSPS) is 20.0. The highest BCUT2D eigenvalue weighted by atomic mass is 16.1. The van der Waals surface area contributed by atoms with E-state index in [2.05, 4.69) is 6.58 Å². The van der Waals surface area contributed by atoms with Gasteiger partial charge in [-0.15, -0.1) is 6.58 Å². The second-order valence-electron chi connectivity index (χ2n) is 2.97. The van der Waals surface area contributed by atoms with E-state index in [-0.39, 0.29) is 11.3 Å². The van der Waals surface area contributed by atoms with Crippen LogP contribution >= 0.6 is 0 Å². The van der Waals surface area contributed by atoms with Crippen LogP contribution in [0.15, 0.2) is 12.7 Å². The van der Waals surface area contributed by atoms with Crippen molar-refractivity contribution in [3.05, 3.63) is 12.7 Å². The minimum Gasteiger partial charge on any atom is -0.369 e. The Labute approximate surface area is 61.1 Å². The van der Waals surface area contributed by atoms with Gasteiger partial charge in [0, 0.05) is 5.41 Å². The lowest BCUT2D eigenvalue weighted by Crippen LogP contribution is -2.24. The molecular weight excluding hydrogens is 126 g/mol. The first-order valence-electron chi connectivity index (χ1n) is 3.62. The minimum atomic E-state index is -0.131. The van der Waals surface area contributed by atoms with E-state index in [0.717, 1.165) is 25.7 Å². The van der Waals surface area contributed by atoms with Crippen LogP contribution in [0, 0.1) is 5.41 Å². The maximum absolute atomic E-state index is 10.8. The third kappa shape index (κ3) is 1.20. The molecule has 0 atom stereocenters. The molecule has 0 spiro atoms. The van der Waals surface area contributed by atoms with Crippen LogP contribution < -0.4 is 5.73 Å². The molecule has 0 bridgehead atoms. The number of primary amides is 1. The van der Waals surface area contributed by atoms with Crippen molar-refractivity contribution in [3.63, 3.8) is 0 Å². The average molecular weight is 139 g/mol. The molecule has 2 heteroatoms. The summed E-state index contributed by atoms with van der Waals surface area (Å²) in [5, 5.41) is 0. The molecule has 1 saturated carbocycles. The SMILES string of the molecule is C=CCCC1(C(N)=O)CC1. The monoisotopic (exact) mass is 139 g/mol. The summed E-state index contributed by atoms with van der Waals surface area (Å²) in [5.41, 5.74) is 5.07. The molecule has 1 aliphatic carbocycles. The van der Waals surface area contributed by atoms with Crippen molar-refractivity contribution in [2.24, 2.45) is 11.1 Å². The Hall–Kier alpha value is -0.790. The van der Waals surface area contributed by atoms with Crippen molar-refractivity contribution in [3.8, 4) is 0 Å². The van der Waals surface area contributed by atoms with E-state index in [4.69, 9.17) is 5.73 Å². The van der Waals surface area contributed by atoms with Gasteiger partial charge in [-0.25, -0.2) is 0 Å². The average Bonchev–Trinajstić information content (AvgIpc) is 2.64. The molecule has 2 nitrogen and oxygen atoms in total. The number of allylic oxidation sites excluding steroid dienone is 1. The van der Waals surface area contributed by atoms with E-state index in [1.165, 1.54) is 0 Å². The van der Waals surface area contributed by atoms with Crippen LogP contribution in [0.4, 0.5) is 0 Å². The molecule has 0 saturated heterocycles.